The molecular weight excluding hydrogens is 382 g/mol. The van der Waals surface area contributed by atoms with Crippen LogP contribution in [0.15, 0.2) is 84.9 Å². The first-order chi connectivity index (χ1) is 14.2. The lowest BCUT2D eigenvalue weighted by atomic mass is 9.92. The van der Waals surface area contributed by atoms with Crippen molar-refractivity contribution in [2.24, 2.45) is 0 Å². The van der Waals surface area contributed by atoms with Gasteiger partial charge in [-0.15, -0.1) is 0 Å². The summed E-state index contributed by atoms with van der Waals surface area (Å²) < 4.78 is 18.4. The van der Waals surface area contributed by atoms with E-state index < -0.39 is 16.0 Å². The number of aryl methyl sites for hydroxylation is 1. The Morgan fingerprint density at radius 1 is 0.897 bits per heavy atom. The van der Waals surface area contributed by atoms with E-state index in [1.54, 1.807) is 12.0 Å². The average molecular weight is 406 g/mol. The van der Waals surface area contributed by atoms with Gasteiger partial charge in [0.25, 0.3) is 0 Å². The van der Waals surface area contributed by atoms with E-state index in [2.05, 4.69) is 0 Å². The molecule has 1 saturated heterocycles. The Bertz CT molecular complexity index is 990. The third-order valence-corrected chi connectivity index (χ3v) is 6.89. The van der Waals surface area contributed by atoms with Crippen LogP contribution in [0.1, 0.15) is 17.2 Å². The molecule has 0 bridgehead atoms. The summed E-state index contributed by atoms with van der Waals surface area (Å²) in [4.78, 5) is 14.8. The van der Waals surface area contributed by atoms with Gasteiger partial charge in [0.2, 0.25) is 5.91 Å². The van der Waals surface area contributed by atoms with E-state index in [9.17, 15) is 9.00 Å². The molecule has 1 heterocycles. The first-order valence-corrected chi connectivity index (χ1v) is 11.0. The van der Waals surface area contributed by atoms with Gasteiger partial charge in [-0.2, -0.15) is 0 Å². The number of nitrogens with zero attached hydrogens (tertiary/aromatic N) is 1. The highest BCUT2D eigenvalue weighted by molar-refractivity contribution is 7.86. The molecule has 3 atom stereocenters. The number of carbonyl (C=O) groups is 1. The molecule has 4 rings (SSSR count). The lowest BCUT2D eigenvalue weighted by molar-refractivity contribution is -0.123. The van der Waals surface area contributed by atoms with Crippen molar-refractivity contribution in [2.75, 3.05) is 17.8 Å². The van der Waals surface area contributed by atoms with Crippen molar-refractivity contribution in [1.82, 2.24) is 0 Å². The molecule has 4 nitrogen and oxygen atoms in total. The quantitative estimate of drug-likeness (QED) is 0.555. The fraction of sp³-hybridized carbons (Fsp3) is 0.208. The van der Waals surface area contributed by atoms with Crippen molar-refractivity contribution < 1.29 is 13.7 Å². The first kappa shape index (κ1) is 19.4. The standard InChI is InChI=1S/C24H23NO3S/c1-28-21-14-12-19(13-15-21)22-23(24(26)25(22)20-10-6-3-7-11-20)29(27)17-16-18-8-4-2-5-9-18/h2-15,22-23H,16-17H2,1H3/t22-,23?,29?/m1/s1. The van der Waals surface area contributed by atoms with Crippen LogP contribution in [0.5, 0.6) is 5.75 Å². The molecule has 0 spiro atoms. The number of hydrogen-bond donors (Lipinski definition) is 0. The monoisotopic (exact) mass is 405 g/mol. The molecule has 5 heteroatoms. The van der Waals surface area contributed by atoms with Crippen LogP contribution >= 0.6 is 0 Å². The van der Waals surface area contributed by atoms with Crippen molar-refractivity contribution in [1.29, 1.82) is 0 Å². The van der Waals surface area contributed by atoms with Crippen molar-refractivity contribution in [2.45, 2.75) is 17.7 Å². The van der Waals surface area contributed by atoms with Gasteiger partial charge in [-0.05, 0) is 41.8 Å². The highest BCUT2D eigenvalue weighted by atomic mass is 32.2. The number of rotatable bonds is 7. The molecule has 148 valence electrons. The zero-order chi connectivity index (χ0) is 20.2. The number of hydrogen-bond acceptors (Lipinski definition) is 3. The third-order valence-electron chi connectivity index (χ3n) is 5.26. The van der Waals surface area contributed by atoms with E-state index in [1.165, 1.54) is 0 Å². The summed E-state index contributed by atoms with van der Waals surface area (Å²) in [6.45, 7) is 0. The molecule has 2 unspecified atom stereocenters. The Morgan fingerprint density at radius 3 is 2.14 bits per heavy atom. The maximum Gasteiger partial charge on any atom is 0.245 e. The van der Waals surface area contributed by atoms with Crippen LogP contribution in [0.2, 0.25) is 0 Å². The summed E-state index contributed by atoms with van der Waals surface area (Å²) in [5, 5.41) is -0.535. The summed E-state index contributed by atoms with van der Waals surface area (Å²) in [5.41, 5.74) is 2.93. The van der Waals surface area contributed by atoms with Gasteiger partial charge >= 0.3 is 0 Å². The van der Waals surface area contributed by atoms with E-state index >= 15 is 0 Å². The van der Waals surface area contributed by atoms with Crippen LogP contribution < -0.4 is 9.64 Å². The number of carbonyl (C=O) groups excluding carboxylic acids is 1. The minimum atomic E-state index is -1.26. The Morgan fingerprint density at radius 2 is 1.52 bits per heavy atom. The molecule has 0 N–H and O–H groups in total. The number of amides is 1. The molecule has 1 amide bonds. The van der Waals surface area contributed by atoms with Crippen molar-refractivity contribution in [3.8, 4) is 5.75 Å². The van der Waals surface area contributed by atoms with Crippen LogP contribution in [0.25, 0.3) is 0 Å². The second-order valence-electron chi connectivity index (χ2n) is 7.00. The summed E-state index contributed by atoms with van der Waals surface area (Å²) in [6, 6.07) is 27.0. The minimum Gasteiger partial charge on any atom is -0.497 e. The SMILES string of the molecule is COc1ccc([C@@H]2C(S(=O)CCc3ccccc3)C(=O)N2c2ccccc2)cc1. The largest absolute Gasteiger partial charge is 0.497 e. The average Bonchev–Trinajstić information content (AvgIpc) is 2.77. The third kappa shape index (κ3) is 3.96. The summed E-state index contributed by atoms with van der Waals surface area (Å²) in [7, 11) is 0.361. The molecule has 1 aliphatic heterocycles. The number of methoxy groups -OCH3 is 1. The molecule has 29 heavy (non-hydrogen) atoms. The smallest absolute Gasteiger partial charge is 0.245 e. The van der Waals surface area contributed by atoms with Gasteiger partial charge in [-0.3, -0.25) is 9.00 Å². The van der Waals surface area contributed by atoms with Crippen molar-refractivity contribution >= 4 is 22.4 Å². The zero-order valence-electron chi connectivity index (χ0n) is 16.2. The fourth-order valence-electron chi connectivity index (χ4n) is 3.71. The number of ether oxygens (including phenoxy) is 1. The molecule has 3 aromatic rings. The fourth-order valence-corrected chi connectivity index (χ4v) is 5.31. The van der Waals surface area contributed by atoms with Crippen LogP contribution in [-0.4, -0.2) is 28.2 Å². The second-order valence-corrected chi connectivity index (χ2v) is 8.68. The van der Waals surface area contributed by atoms with Gasteiger partial charge in [0.15, 0.2) is 0 Å². The minimum absolute atomic E-state index is 0.0802. The Balaban J connectivity index is 1.59. The highest BCUT2D eigenvalue weighted by Crippen LogP contribution is 2.42. The topological polar surface area (TPSA) is 46.6 Å². The van der Waals surface area contributed by atoms with Gasteiger partial charge in [0.05, 0.1) is 13.2 Å². The summed E-state index contributed by atoms with van der Waals surface area (Å²) in [5.74, 6) is 1.14. The molecule has 0 radical (unpaired) electrons. The van der Waals surface area contributed by atoms with Gasteiger partial charge in [0.1, 0.15) is 11.0 Å². The van der Waals surface area contributed by atoms with E-state index in [4.69, 9.17) is 4.74 Å². The van der Waals surface area contributed by atoms with E-state index in [0.717, 1.165) is 22.6 Å². The summed E-state index contributed by atoms with van der Waals surface area (Å²) >= 11 is 0. The van der Waals surface area contributed by atoms with Gasteiger partial charge < -0.3 is 9.64 Å². The number of benzene rings is 3. The highest BCUT2D eigenvalue weighted by Gasteiger charge is 2.51. The van der Waals surface area contributed by atoms with E-state index in [0.29, 0.717) is 12.2 Å². The lowest BCUT2D eigenvalue weighted by Crippen LogP contribution is -2.61. The van der Waals surface area contributed by atoms with Crippen molar-refractivity contribution in [3.63, 3.8) is 0 Å². The number of para-hydroxylation sites is 1. The second kappa shape index (κ2) is 8.62. The molecule has 0 aromatic heterocycles. The van der Waals surface area contributed by atoms with Gasteiger partial charge in [-0.25, -0.2) is 0 Å². The maximum absolute atomic E-state index is 13.1. The Labute approximate surface area is 173 Å². The van der Waals surface area contributed by atoms with Gasteiger partial charge in [0, 0.05) is 22.2 Å². The van der Waals surface area contributed by atoms with Crippen LogP contribution in [0.3, 0.4) is 0 Å². The molecule has 0 aliphatic carbocycles. The maximum atomic E-state index is 13.1. The number of anilines is 1. The van der Waals surface area contributed by atoms with Crippen LogP contribution in [0, 0.1) is 0 Å². The molecule has 1 aliphatic rings. The predicted octanol–water partition coefficient (Wildman–Crippen LogP) is 4.14. The molecule has 3 aromatic carbocycles. The Hall–Kier alpha value is -2.92. The Kier molecular flexibility index (Phi) is 5.76. The van der Waals surface area contributed by atoms with Crippen molar-refractivity contribution in [3.05, 3.63) is 96.1 Å². The number of β-lactam (4-membered cyclic amide) rings is 1. The zero-order valence-corrected chi connectivity index (χ0v) is 17.0. The van der Waals surface area contributed by atoms with E-state index in [-0.39, 0.29) is 11.9 Å². The molecule has 1 fully saturated rings. The molecular formula is C24H23NO3S. The van der Waals surface area contributed by atoms with Crippen LogP contribution in [0.4, 0.5) is 5.69 Å². The lowest BCUT2D eigenvalue weighted by Gasteiger charge is -2.46. The van der Waals surface area contributed by atoms with E-state index in [1.807, 2.05) is 84.9 Å². The normalized spacial score (nSPS) is 19.5. The summed E-state index contributed by atoms with van der Waals surface area (Å²) in [6.07, 6.45) is 0.692. The first-order valence-electron chi connectivity index (χ1n) is 9.62. The predicted molar refractivity (Wildman–Crippen MR) is 117 cm³/mol. The molecule has 0 saturated carbocycles. The van der Waals surface area contributed by atoms with Gasteiger partial charge in [-0.1, -0.05) is 60.7 Å². The van der Waals surface area contributed by atoms with Crippen LogP contribution in [-0.2, 0) is 22.0 Å².